The van der Waals surface area contributed by atoms with Crippen LogP contribution in [0, 0.1) is 0 Å². The first-order valence-electron chi connectivity index (χ1n) is 4.72. The third-order valence-corrected chi connectivity index (χ3v) is 2.26. The minimum absolute atomic E-state index is 0.251. The van der Waals surface area contributed by atoms with Gasteiger partial charge in [0.2, 0.25) is 0 Å². The number of hydrogen-bond acceptors (Lipinski definition) is 4. The molecule has 2 N–H and O–H groups in total. The highest BCUT2D eigenvalue weighted by atomic mass is 16.6. The summed E-state index contributed by atoms with van der Waals surface area (Å²) in [5.41, 5.74) is 7.54. The Kier molecular flexibility index (Phi) is 3.08. The van der Waals surface area contributed by atoms with Crippen molar-refractivity contribution in [3.05, 3.63) is 29.6 Å². The number of aromatic nitrogens is 1. The van der Waals surface area contributed by atoms with E-state index in [9.17, 15) is 0 Å². The third-order valence-electron chi connectivity index (χ3n) is 2.26. The van der Waals surface area contributed by atoms with Crippen molar-refractivity contribution in [2.24, 2.45) is 5.73 Å². The van der Waals surface area contributed by atoms with Crippen LogP contribution in [0.1, 0.15) is 11.3 Å². The normalized spacial score (nSPS) is 16.6. The Morgan fingerprint density at radius 3 is 3.07 bits per heavy atom. The lowest BCUT2D eigenvalue weighted by molar-refractivity contribution is -0.135. The van der Waals surface area contributed by atoms with Crippen LogP contribution in [0.4, 0.5) is 0 Å². The highest BCUT2D eigenvalue weighted by Gasteiger charge is 2.18. The largest absolute Gasteiger partial charge is 0.376 e. The van der Waals surface area contributed by atoms with Gasteiger partial charge >= 0.3 is 0 Å². The lowest BCUT2D eigenvalue weighted by Gasteiger charge is -2.26. The Morgan fingerprint density at radius 2 is 2.43 bits per heavy atom. The lowest BCUT2D eigenvalue weighted by atomic mass is 10.2. The van der Waals surface area contributed by atoms with E-state index in [2.05, 4.69) is 4.98 Å². The van der Waals surface area contributed by atoms with Crippen molar-refractivity contribution in [2.75, 3.05) is 13.2 Å². The number of pyridine rings is 1. The molecule has 0 bridgehead atoms. The van der Waals surface area contributed by atoms with Gasteiger partial charge in [-0.1, -0.05) is 6.07 Å². The standard InChI is InChI=1S/C10H14N2O2/c11-4-10-8(2-1-3-12-10)5-14-9-6-13-7-9/h1-3,9H,4-7,11H2. The minimum Gasteiger partial charge on any atom is -0.376 e. The molecule has 1 saturated heterocycles. The fourth-order valence-electron chi connectivity index (χ4n) is 1.30. The molecule has 0 atom stereocenters. The van der Waals surface area contributed by atoms with Crippen molar-refractivity contribution in [1.29, 1.82) is 0 Å². The van der Waals surface area contributed by atoms with Crippen molar-refractivity contribution >= 4 is 0 Å². The van der Waals surface area contributed by atoms with Crippen molar-refractivity contribution in [1.82, 2.24) is 4.98 Å². The van der Waals surface area contributed by atoms with E-state index in [0.717, 1.165) is 11.3 Å². The quantitative estimate of drug-likeness (QED) is 0.756. The predicted octanol–water partition coefficient (Wildman–Crippen LogP) is 0.456. The van der Waals surface area contributed by atoms with Gasteiger partial charge < -0.3 is 15.2 Å². The van der Waals surface area contributed by atoms with Gasteiger partial charge in [-0.3, -0.25) is 4.98 Å². The van der Waals surface area contributed by atoms with E-state index < -0.39 is 0 Å². The van der Waals surface area contributed by atoms with Gasteiger partial charge in [0.05, 0.1) is 25.5 Å². The SMILES string of the molecule is NCc1ncccc1COC1COC1. The zero-order valence-electron chi connectivity index (χ0n) is 7.98. The van der Waals surface area contributed by atoms with Crippen LogP contribution in [0.25, 0.3) is 0 Å². The summed E-state index contributed by atoms with van der Waals surface area (Å²) in [6.45, 7) is 2.45. The van der Waals surface area contributed by atoms with Crippen LogP contribution in [0.3, 0.4) is 0 Å². The average Bonchev–Trinajstić information content (AvgIpc) is 2.16. The van der Waals surface area contributed by atoms with Crippen molar-refractivity contribution in [3.63, 3.8) is 0 Å². The summed E-state index contributed by atoms with van der Waals surface area (Å²) in [6, 6.07) is 3.89. The molecule has 4 heteroatoms. The van der Waals surface area contributed by atoms with Crippen LogP contribution >= 0.6 is 0 Å². The van der Waals surface area contributed by atoms with Crippen LogP contribution in [0.5, 0.6) is 0 Å². The molecule has 14 heavy (non-hydrogen) atoms. The molecule has 2 heterocycles. The summed E-state index contributed by atoms with van der Waals surface area (Å²) in [4.78, 5) is 4.18. The molecule has 4 nitrogen and oxygen atoms in total. The molecule has 1 aromatic rings. The van der Waals surface area contributed by atoms with Crippen molar-refractivity contribution < 1.29 is 9.47 Å². The Balaban J connectivity index is 1.93. The molecule has 0 saturated carbocycles. The summed E-state index contributed by atoms with van der Waals surface area (Å²) >= 11 is 0. The molecule has 1 aliphatic heterocycles. The van der Waals surface area contributed by atoms with Gasteiger partial charge in [0.1, 0.15) is 6.10 Å². The van der Waals surface area contributed by atoms with Gasteiger partial charge in [0.15, 0.2) is 0 Å². The topological polar surface area (TPSA) is 57.4 Å². The maximum Gasteiger partial charge on any atom is 0.105 e. The molecular weight excluding hydrogens is 180 g/mol. The molecule has 0 radical (unpaired) electrons. The van der Waals surface area contributed by atoms with Gasteiger partial charge in [-0.05, 0) is 6.07 Å². The third kappa shape index (κ3) is 2.09. The van der Waals surface area contributed by atoms with E-state index in [1.807, 2.05) is 12.1 Å². The van der Waals surface area contributed by atoms with E-state index in [-0.39, 0.29) is 6.10 Å². The monoisotopic (exact) mass is 194 g/mol. The van der Waals surface area contributed by atoms with Crippen LogP contribution in [0.15, 0.2) is 18.3 Å². The summed E-state index contributed by atoms with van der Waals surface area (Å²) in [5.74, 6) is 0. The maximum absolute atomic E-state index is 5.59. The van der Waals surface area contributed by atoms with Crippen LogP contribution in [-0.2, 0) is 22.6 Å². The molecule has 0 aromatic carbocycles. The number of rotatable bonds is 4. The van der Waals surface area contributed by atoms with Crippen molar-refractivity contribution in [3.8, 4) is 0 Å². The first-order valence-corrected chi connectivity index (χ1v) is 4.72. The molecule has 0 spiro atoms. The molecule has 0 aliphatic carbocycles. The molecular formula is C10H14N2O2. The summed E-state index contributed by atoms with van der Waals surface area (Å²) in [7, 11) is 0. The fourth-order valence-corrected chi connectivity index (χ4v) is 1.30. The Bertz CT molecular complexity index is 300. The predicted molar refractivity (Wildman–Crippen MR) is 51.5 cm³/mol. The minimum atomic E-state index is 0.251. The van der Waals surface area contributed by atoms with E-state index in [1.54, 1.807) is 6.20 Å². The fraction of sp³-hybridized carbons (Fsp3) is 0.500. The number of ether oxygens (including phenoxy) is 2. The summed E-state index contributed by atoms with van der Waals surface area (Å²) < 4.78 is 10.6. The van der Waals surface area contributed by atoms with Gasteiger partial charge in [0.25, 0.3) is 0 Å². The van der Waals surface area contributed by atoms with Crippen LogP contribution in [0.2, 0.25) is 0 Å². The first kappa shape index (κ1) is 9.58. The van der Waals surface area contributed by atoms with Crippen molar-refractivity contribution in [2.45, 2.75) is 19.3 Å². The van der Waals surface area contributed by atoms with E-state index in [4.69, 9.17) is 15.2 Å². The highest BCUT2D eigenvalue weighted by molar-refractivity contribution is 5.18. The van der Waals surface area contributed by atoms with Crippen LogP contribution < -0.4 is 5.73 Å². The molecule has 76 valence electrons. The first-order chi connectivity index (χ1) is 6.90. The van der Waals surface area contributed by atoms with Gasteiger partial charge in [-0.25, -0.2) is 0 Å². The second kappa shape index (κ2) is 4.50. The smallest absolute Gasteiger partial charge is 0.105 e. The Morgan fingerprint density at radius 1 is 1.57 bits per heavy atom. The van der Waals surface area contributed by atoms with E-state index in [1.165, 1.54) is 0 Å². The summed E-state index contributed by atoms with van der Waals surface area (Å²) in [5, 5.41) is 0. The zero-order valence-corrected chi connectivity index (χ0v) is 7.98. The molecule has 2 rings (SSSR count). The van der Waals surface area contributed by atoms with Gasteiger partial charge in [-0.2, -0.15) is 0 Å². The molecule has 0 amide bonds. The number of hydrogen-bond donors (Lipinski definition) is 1. The molecule has 1 aromatic heterocycles. The zero-order chi connectivity index (χ0) is 9.80. The second-order valence-electron chi connectivity index (χ2n) is 3.28. The molecule has 1 aliphatic rings. The lowest BCUT2D eigenvalue weighted by Crippen LogP contribution is -2.35. The van der Waals surface area contributed by atoms with E-state index in [0.29, 0.717) is 26.4 Å². The number of nitrogens with two attached hydrogens (primary N) is 1. The highest BCUT2D eigenvalue weighted by Crippen LogP contribution is 2.11. The number of nitrogens with zero attached hydrogens (tertiary/aromatic N) is 1. The average molecular weight is 194 g/mol. The Hall–Kier alpha value is -0.970. The van der Waals surface area contributed by atoms with E-state index >= 15 is 0 Å². The van der Waals surface area contributed by atoms with Gasteiger partial charge in [-0.15, -0.1) is 0 Å². The molecule has 0 unspecified atom stereocenters. The second-order valence-corrected chi connectivity index (χ2v) is 3.28. The van der Waals surface area contributed by atoms with Gasteiger partial charge in [0, 0.05) is 18.3 Å². The summed E-state index contributed by atoms with van der Waals surface area (Å²) in [6.07, 6.45) is 2.00. The Labute approximate surface area is 83.0 Å². The van der Waals surface area contributed by atoms with Crippen LogP contribution in [-0.4, -0.2) is 24.3 Å². The maximum atomic E-state index is 5.59. The molecule has 1 fully saturated rings.